The van der Waals surface area contributed by atoms with Gasteiger partial charge in [-0.2, -0.15) is 13.1 Å². The van der Waals surface area contributed by atoms with Crippen LogP contribution in [0.2, 0.25) is 0 Å². The minimum Gasteiger partial charge on any atom is -0.449 e. The van der Waals surface area contributed by atoms with Gasteiger partial charge in [0.25, 0.3) is 0 Å². The van der Waals surface area contributed by atoms with Crippen molar-refractivity contribution in [1.82, 2.24) is 9.44 Å². The minimum atomic E-state index is -3.87. The first-order valence-electron chi connectivity index (χ1n) is 6.79. The Hall–Kier alpha value is -1.80. The number of carbonyl (C=O) groups excluding carboxylic acids is 1. The molecule has 1 amide bonds. The molecule has 1 atom stereocenters. The zero-order valence-corrected chi connectivity index (χ0v) is 12.6. The highest BCUT2D eigenvalue weighted by Crippen LogP contribution is 2.32. The highest BCUT2D eigenvalue weighted by Gasteiger charge is 2.22. The average molecular weight is 313 g/mol. The number of para-hydroxylation sites is 1. The van der Waals surface area contributed by atoms with E-state index in [1.54, 1.807) is 11.6 Å². The number of benzene rings is 1. The van der Waals surface area contributed by atoms with Crippen LogP contribution in [0.15, 0.2) is 24.3 Å². The normalized spacial score (nSPS) is 16.9. The van der Waals surface area contributed by atoms with Crippen LogP contribution in [0, 0.1) is 0 Å². The van der Waals surface area contributed by atoms with E-state index in [0.717, 1.165) is 12.2 Å². The van der Waals surface area contributed by atoms with E-state index in [0.29, 0.717) is 6.42 Å². The third-order valence-electron chi connectivity index (χ3n) is 3.22. The molecule has 1 aromatic carbocycles. The summed E-state index contributed by atoms with van der Waals surface area (Å²) in [5, 5.41) is 3.28. The van der Waals surface area contributed by atoms with Crippen molar-refractivity contribution in [2.75, 3.05) is 25.0 Å². The molecule has 1 unspecified atom stereocenters. The molecule has 0 aromatic heterocycles. The molecule has 0 aliphatic carbocycles. The van der Waals surface area contributed by atoms with Crippen molar-refractivity contribution in [3.8, 4) is 0 Å². The van der Waals surface area contributed by atoms with Crippen molar-refractivity contribution < 1.29 is 17.9 Å². The molecule has 2 rings (SSSR count). The second kappa shape index (κ2) is 6.77. The number of amides is 1. The first-order chi connectivity index (χ1) is 10.0. The van der Waals surface area contributed by atoms with Gasteiger partial charge in [-0.15, -0.1) is 0 Å². The topological polar surface area (TPSA) is 96.5 Å². The third kappa shape index (κ3) is 4.33. The molecule has 116 valence electrons. The lowest BCUT2D eigenvalue weighted by molar-refractivity contribution is 0.158. The summed E-state index contributed by atoms with van der Waals surface area (Å²) < 4.78 is 31.8. The number of anilines is 1. The van der Waals surface area contributed by atoms with Crippen LogP contribution in [-0.4, -0.2) is 34.2 Å². The van der Waals surface area contributed by atoms with Crippen LogP contribution in [0.5, 0.6) is 0 Å². The smallest absolute Gasteiger partial charge is 0.421 e. The average Bonchev–Trinajstić information content (AvgIpc) is 2.82. The van der Waals surface area contributed by atoms with Crippen LogP contribution >= 0.6 is 0 Å². The number of carbonyl (C=O) groups is 1. The van der Waals surface area contributed by atoms with Crippen LogP contribution in [0.4, 0.5) is 10.5 Å². The monoisotopic (exact) mass is 313 g/mol. The van der Waals surface area contributed by atoms with Gasteiger partial charge >= 0.3 is 16.3 Å². The van der Waals surface area contributed by atoms with Crippen molar-refractivity contribution in [2.24, 2.45) is 0 Å². The maximum absolute atomic E-state index is 11.6. The fourth-order valence-electron chi connectivity index (χ4n) is 2.29. The Labute approximate surface area is 124 Å². The van der Waals surface area contributed by atoms with E-state index < -0.39 is 16.3 Å². The van der Waals surface area contributed by atoms with E-state index in [-0.39, 0.29) is 19.1 Å². The molecule has 1 aromatic rings. The van der Waals surface area contributed by atoms with Gasteiger partial charge in [-0.3, -0.25) is 0 Å². The quantitative estimate of drug-likeness (QED) is 0.732. The van der Waals surface area contributed by atoms with Gasteiger partial charge in [0, 0.05) is 24.7 Å². The van der Waals surface area contributed by atoms with E-state index in [4.69, 9.17) is 0 Å². The Bertz CT molecular complexity index is 603. The Kier molecular flexibility index (Phi) is 5.03. The van der Waals surface area contributed by atoms with Gasteiger partial charge < -0.3 is 10.1 Å². The van der Waals surface area contributed by atoms with Crippen molar-refractivity contribution >= 4 is 22.0 Å². The summed E-state index contributed by atoms with van der Waals surface area (Å²) >= 11 is 0. The largest absolute Gasteiger partial charge is 0.449 e. The Morgan fingerprint density at radius 1 is 1.43 bits per heavy atom. The molecule has 0 bridgehead atoms. The summed E-state index contributed by atoms with van der Waals surface area (Å²) in [6.07, 6.45) is -0.328. The summed E-state index contributed by atoms with van der Waals surface area (Å²) in [5.41, 5.74) is 2.28. The van der Waals surface area contributed by atoms with Crippen LogP contribution in [0.3, 0.4) is 0 Å². The highest BCUT2D eigenvalue weighted by molar-refractivity contribution is 7.88. The molecule has 21 heavy (non-hydrogen) atoms. The molecule has 0 saturated heterocycles. The Balaban J connectivity index is 1.81. The number of rotatable bonds is 6. The van der Waals surface area contributed by atoms with Gasteiger partial charge in [-0.25, -0.2) is 9.52 Å². The number of ether oxygens (including phenoxy) is 1. The van der Waals surface area contributed by atoms with Gasteiger partial charge in [0.2, 0.25) is 0 Å². The van der Waals surface area contributed by atoms with Gasteiger partial charge in [0.15, 0.2) is 0 Å². The fraction of sp³-hybridized carbons (Fsp3) is 0.462. The number of nitrogens with one attached hydrogen (secondary N) is 3. The molecular formula is C13H19N3O4S. The SMILES string of the molecule is CCOC(=O)NS(=O)(=O)NCCC1CNc2ccccc21. The van der Waals surface area contributed by atoms with E-state index in [9.17, 15) is 13.2 Å². The molecule has 0 saturated carbocycles. The molecule has 7 nitrogen and oxygen atoms in total. The standard InChI is InChI=1S/C13H19N3O4S/c1-2-20-13(17)16-21(18,19)15-8-7-10-9-14-12-6-4-3-5-11(10)12/h3-6,10,14-15H,2,7-9H2,1H3,(H,16,17). The third-order valence-corrected chi connectivity index (χ3v) is 4.24. The summed E-state index contributed by atoms with van der Waals surface area (Å²) in [6, 6.07) is 7.96. The van der Waals surface area contributed by atoms with Gasteiger partial charge in [-0.05, 0) is 25.0 Å². The zero-order chi connectivity index (χ0) is 15.3. The Morgan fingerprint density at radius 2 is 2.19 bits per heavy atom. The van der Waals surface area contributed by atoms with Crippen LogP contribution < -0.4 is 14.8 Å². The summed E-state index contributed by atoms with van der Waals surface area (Å²) in [5.74, 6) is 0.256. The lowest BCUT2D eigenvalue weighted by atomic mass is 9.98. The molecular weight excluding hydrogens is 294 g/mol. The molecule has 1 aliphatic rings. The summed E-state index contributed by atoms with van der Waals surface area (Å²) in [4.78, 5) is 11.1. The summed E-state index contributed by atoms with van der Waals surface area (Å²) in [6.45, 7) is 2.75. The minimum absolute atomic E-state index is 0.117. The highest BCUT2D eigenvalue weighted by atomic mass is 32.2. The fourth-order valence-corrected chi connectivity index (χ4v) is 3.03. The first kappa shape index (κ1) is 15.6. The molecule has 8 heteroatoms. The first-order valence-corrected chi connectivity index (χ1v) is 8.27. The van der Waals surface area contributed by atoms with Crippen LogP contribution in [-0.2, 0) is 14.9 Å². The zero-order valence-electron chi connectivity index (χ0n) is 11.8. The molecule has 1 aliphatic heterocycles. The maximum atomic E-state index is 11.6. The van der Waals surface area contributed by atoms with Crippen molar-refractivity contribution in [2.45, 2.75) is 19.3 Å². The lowest BCUT2D eigenvalue weighted by Gasteiger charge is -2.11. The number of hydrogen-bond acceptors (Lipinski definition) is 5. The van der Waals surface area contributed by atoms with Gasteiger partial charge in [0.1, 0.15) is 0 Å². The van der Waals surface area contributed by atoms with E-state index in [2.05, 4.69) is 14.8 Å². The van der Waals surface area contributed by atoms with E-state index in [1.165, 1.54) is 5.56 Å². The van der Waals surface area contributed by atoms with E-state index >= 15 is 0 Å². The second-order valence-electron chi connectivity index (χ2n) is 4.67. The Morgan fingerprint density at radius 3 is 2.95 bits per heavy atom. The molecule has 0 fully saturated rings. The molecule has 1 heterocycles. The predicted octanol–water partition coefficient (Wildman–Crippen LogP) is 1.17. The summed E-state index contributed by atoms with van der Waals surface area (Å²) in [7, 11) is -3.87. The van der Waals surface area contributed by atoms with Crippen molar-refractivity contribution in [3.05, 3.63) is 29.8 Å². The predicted molar refractivity (Wildman–Crippen MR) is 79.4 cm³/mol. The molecule has 3 N–H and O–H groups in total. The maximum Gasteiger partial charge on any atom is 0.421 e. The van der Waals surface area contributed by atoms with Gasteiger partial charge in [-0.1, -0.05) is 18.2 Å². The van der Waals surface area contributed by atoms with Crippen LogP contribution in [0.25, 0.3) is 0 Å². The van der Waals surface area contributed by atoms with Crippen molar-refractivity contribution in [3.63, 3.8) is 0 Å². The van der Waals surface area contributed by atoms with Crippen molar-refractivity contribution in [1.29, 1.82) is 0 Å². The number of hydrogen-bond donors (Lipinski definition) is 3. The molecule has 0 spiro atoms. The number of fused-ring (bicyclic) bond motifs is 1. The lowest BCUT2D eigenvalue weighted by Crippen LogP contribution is -2.41. The molecule has 0 radical (unpaired) electrons. The van der Waals surface area contributed by atoms with Crippen LogP contribution in [0.1, 0.15) is 24.8 Å². The van der Waals surface area contributed by atoms with Gasteiger partial charge in [0.05, 0.1) is 6.61 Å². The second-order valence-corrected chi connectivity index (χ2v) is 6.17. The van der Waals surface area contributed by atoms with E-state index in [1.807, 2.05) is 24.3 Å².